The molecule has 0 saturated heterocycles. The van der Waals surface area contributed by atoms with E-state index in [2.05, 4.69) is 22.1 Å². The summed E-state index contributed by atoms with van der Waals surface area (Å²) in [5, 5.41) is 2.63. The van der Waals surface area contributed by atoms with E-state index in [1.807, 2.05) is 0 Å². The summed E-state index contributed by atoms with van der Waals surface area (Å²) in [6.45, 7) is 1.84. The molecule has 0 aliphatic rings. The Labute approximate surface area is 143 Å². The predicted molar refractivity (Wildman–Crippen MR) is 92.3 cm³/mol. The van der Waals surface area contributed by atoms with Gasteiger partial charge in [-0.05, 0) is 19.1 Å². The van der Waals surface area contributed by atoms with Crippen LogP contribution in [0.2, 0.25) is 0 Å². The number of carbonyl (C=O) groups excluding carboxylic acids is 2. The molecule has 0 spiro atoms. The normalized spacial score (nSPS) is 9.80. The molecule has 0 saturated carbocycles. The number of aryl methyl sites for hydroxylation is 1. The number of hydrogen-bond donors (Lipinski definition) is 2. The van der Waals surface area contributed by atoms with Crippen LogP contribution in [0.4, 0.5) is 0 Å². The van der Waals surface area contributed by atoms with Crippen LogP contribution in [0.5, 0.6) is 0 Å². The van der Waals surface area contributed by atoms with Crippen molar-refractivity contribution in [3.63, 3.8) is 0 Å². The summed E-state index contributed by atoms with van der Waals surface area (Å²) < 4.78 is 1.25. The maximum absolute atomic E-state index is 11.7. The molecule has 2 aromatic rings. The number of aromatic amines is 1. The van der Waals surface area contributed by atoms with Gasteiger partial charge >= 0.3 is 5.69 Å². The second-order valence-electron chi connectivity index (χ2n) is 5.27. The molecule has 0 atom stereocenters. The number of aromatic nitrogens is 2. The van der Waals surface area contributed by atoms with Crippen LogP contribution in [0.3, 0.4) is 0 Å². The second-order valence-corrected chi connectivity index (χ2v) is 5.27. The highest BCUT2D eigenvalue weighted by molar-refractivity contribution is 5.94. The third-order valence-corrected chi connectivity index (χ3v) is 3.37. The lowest BCUT2D eigenvalue weighted by Crippen LogP contribution is -2.31. The average Bonchev–Trinajstić information content (AvgIpc) is 2.58. The molecule has 1 aromatic heterocycles. The van der Waals surface area contributed by atoms with Crippen LogP contribution in [0.15, 0.2) is 46.1 Å². The van der Waals surface area contributed by atoms with Crippen molar-refractivity contribution in [1.82, 2.24) is 14.9 Å². The van der Waals surface area contributed by atoms with Crippen molar-refractivity contribution < 1.29 is 9.59 Å². The number of benzene rings is 1. The first-order chi connectivity index (χ1) is 12.0. The van der Waals surface area contributed by atoms with E-state index in [0.717, 1.165) is 5.56 Å². The molecule has 1 aromatic carbocycles. The van der Waals surface area contributed by atoms with Gasteiger partial charge in [0.25, 0.3) is 5.56 Å². The quantitative estimate of drug-likeness (QED) is 0.604. The molecule has 25 heavy (non-hydrogen) atoms. The van der Waals surface area contributed by atoms with Gasteiger partial charge in [-0.3, -0.25) is 19.4 Å². The van der Waals surface area contributed by atoms with Gasteiger partial charge in [-0.15, -0.1) is 0 Å². The van der Waals surface area contributed by atoms with Crippen LogP contribution < -0.4 is 16.6 Å². The van der Waals surface area contributed by atoms with Gasteiger partial charge in [0.05, 0.1) is 6.54 Å². The van der Waals surface area contributed by atoms with Crippen molar-refractivity contribution in [2.75, 3.05) is 6.54 Å². The highest BCUT2D eigenvalue weighted by atomic mass is 16.2. The lowest BCUT2D eigenvalue weighted by molar-refractivity contribution is -0.121. The first-order valence-corrected chi connectivity index (χ1v) is 7.62. The van der Waals surface area contributed by atoms with Crippen molar-refractivity contribution >= 4 is 11.7 Å². The lowest BCUT2D eigenvalue weighted by Gasteiger charge is -2.04. The second kappa shape index (κ2) is 8.45. The fourth-order valence-electron chi connectivity index (χ4n) is 2.01. The number of hydrogen-bond acceptors (Lipinski definition) is 4. The van der Waals surface area contributed by atoms with E-state index in [-0.39, 0.29) is 31.2 Å². The molecule has 0 aliphatic heterocycles. The number of nitrogens with one attached hydrogen (secondary N) is 2. The Morgan fingerprint density at radius 2 is 1.88 bits per heavy atom. The molecule has 0 bridgehead atoms. The Kier molecular flexibility index (Phi) is 6.07. The monoisotopic (exact) mass is 339 g/mol. The molecule has 0 fully saturated rings. The highest BCUT2D eigenvalue weighted by Crippen LogP contribution is 2.03. The summed E-state index contributed by atoms with van der Waals surface area (Å²) in [5.74, 6) is 5.44. The maximum Gasteiger partial charge on any atom is 0.328 e. The zero-order chi connectivity index (χ0) is 18.2. The fraction of sp³-hybridized carbons (Fsp3) is 0.222. The van der Waals surface area contributed by atoms with Gasteiger partial charge in [-0.1, -0.05) is 24.0 Å². The van der Waals surface area contributed by atoms with Crippen molar-refractivity contribution in [2.24, 2.45) is 0 Å². The number of Topliss-reactive ketones (excluding diaryl/α,β-unsaturated/α-hetero) is 1. The number of carbonyl (C=O) groups is 2. The minimum atomic E-state index is -0.547. The summed E-state index contributed by atoms with van der Waals surface area (Å²) in [6.07, 6.45) is 1.44. The van der Waals surface area contributed by atoms with Gasteiger partial charge in [0.2, 0.25) is 5.91 Å². The van der Waals surface area contributed by atoms with Crippen LogP contribution in [0.1, 0.15) is 29.3 Å². The predicted octanol–water partition coefficient (Wildman–Crippen LogP) is 0.297. The molecule has 7 heteroatoms. The molecule has 2 N–H and O–H groups in total. The standard InChI is InChI=1S/C18H17N3O4/c1-13(22)15-6-4-14(5-7-15)3-2-10-19-16(23)8-11-21-12-9-17(24)20-18(21)25/h4-7,9,12H,8,10-11H2,1H3,(H,19,23)(H,20,24,25). The van der Waals surface area contributed by atoms with E-state index >= 15 is 0 Å². The van der Waals surface area contributed by atoms with Crippen LogP contribution in [-0.4, -0.2) is 27.8 Å². The van der Waals surface area contributed by atoms with E-state index in [1.165, 1.54) is 23.8 Å². The van der Waals surface area contributed by atoms with Gasteiger partial charge in [-0.25, -0.2) is 4.79 Å². The van der Waals surface area contributed by atoms with Crippen molar-refractivity contribution in [1.29, 1.82) is 0 Å². The summed E-state index contributed by atoms with van der Waals surface area (Å²) >= 11 is 0. The van der Waals surface area contributed by atoms with Crippen LogP contribution in [0.25, 0.3) is 0 Å². The number of amides is 1. The Morgan fingerprint density at radius 1 is 1.16 bits per heavy atom. The number of ketones is 1. The molecule has 0 aliphatic carbocycles. The molecule has 0 unspecified atom stereocenters. The third-order valence-electron chi connectivity index (χ3n) is 3.37. The SMILES string of the molecule is CC(=O)c1ccc(C#CCNC(=O)CCn2ccc(=O)[nH]c2=O)cc1. The minimum Gasteiger partial charge on any atom is -0.345 e. The van der Waals surface area contributed by atoms with Crippen LogP contribution >= 0.6 is 0 Å². The summed E-state index contributed by atoms with van der Waals surface area (Å²) in [4.78, 5) is 47.4. The molecule has 2 rings (SSSR count). The molecule has 1 amide bonds. The Hall–Kier alpha value is -3.40. The summed E-state index contributed by atoms with van der Waals surface area (Å²) in [7, 11) is 0. The van der Waals surface area contributed by atoms with Crippen molar-refractivity contribution in [3.8, 4) is 11.8 Å². The number of nitrogens with zero attached hydrogens (tertiary/aromatic N) is 1. The zero-order valence-corrected chi connectivity index (χ0v) is 13.7. The highest BCUT2D eigenvalue weighted by Gasteiger charge is 2.02. The topological polar surface area (TPSA) is 101 Å². The van der Waals surface area contributed by atoms with E-state index in [4.69, 9.17) is 0 Å². The molecule has 128 valence electrons. The van der Waals surface area contributed by atoms with E-state index in [0.29, 0.717) is 5.56 Å². The molecular formula is C18H17N3O4. The first-order valence-electron chi connectivity index (χ1n) is 7.62. The molecule has 7 nitrogen and oxygen atoms in total. The van der Waals surface area contributed by atoms with E-state index in [9.17, 15) is 19.2 Å². The largest absolute Gasteiger partial charge is 0.345 e. The Morgan fingerprint density at radius 3 is 2.52 bits per heavy atom. The van der Waals surface area contributed by atoms with Gasteiger partial charge in [0.15, 0.2) is 5.78 Å². The van der Waals surface area contributed by atoms with Crippen molar-refractivity contribution in [2.45, 2.75) is 19.9 Å². The van der Waals surface area contributed by atoms with Crippen LogP contribution in [0, 0.1) is 11.8 Å². The first kappa shape index (κ1) is 17.9. The smallest absolute Gasteiger partial charge is 0.328 e. The number of rotatable bonds is 5. The fourth-order valence-corrected chi connectivity index (χ4v) is 2.01. The van der Waals surface area contributed by atoms with E-state index < -0.39 is 11.2 Å². The Bertz CT molecular complexity index is 943. The maximum atomic E-state index is 11.7. The Balaban J connectivity index is 1.80. The lowest BCUT2D eigenvalue weighted by atomic mass is 10.1. The molecule has 0 radical (unpaired) electrons. The minimum absolute atomic E-state index is 0.00614. The van der Waals surface area contributed by atoms with Gasteiger partial charge < -0.3 is 9.88 Å². The molecule has 1 heterocycles. The zero-order valence-electron chi connectivity index (χ0n) is 13.7. The van der Waals surface area contributed by atoms with Crippen LogP contribution in [-0.2, 0) is 11.3 Å². The summed E-state index contributed by atoms with van der Waals surface area (Å²) in [5.41, 5.74) is 0.349. The molecular weight excluding hydrogens is 322 g/mol. The van der Waals surface area contributed by atoms with Gasteiger partial charge in [0, 0.05) is 36.4 Å². The summed E-state index contributed by atoms with van der Waals surface area (Å²) in [6, 6.07) is 8.12. The average molecular weight is 339 g/mol. The third kappa shape index (κ3) is 5.62. The van der Waals surface area contributed by atoms with Gasteiger partial charge in [0.1, 0.15) is 0 Å². The van der Waals surface area contributed by atoms with Crippen molar-refractivity contribution in [3.05, 3.63) is 68.5 Å². The van der Waals surface area contributed by atoms with Gasteiger partial charge in [-0.2, -0.15) is 0 Å². The number of H-pyrrole nitrogens is 1. The van der Waals surface area contributed by atoms with E-state index in [1.54, 1.807) is 24.3 Å².